The number of ether oxygens (including phenoxy) is 2. The van der Waals surface area contributed by atoms with Crippen LogP contribution in [0, 0.1) is 6.92 Å². The largest absolute Gasteiger partial charge is 0.344 e. The summed E-state index contributed by atoms with van der Waals surface area (Å²) >= 11 is 0. The fraction of sp³-hybridized carbons (Fsp3) is 0.400. The average Bonchev–Trinajstić information content (AvgIpc) is 2.74. The van der Waals surface area contributed by atoms with Crippen LogP contribution in [0.25, 0.3) is 0 Å². The second kappa shape index (κ2) is 7.58. The Bertz CT molecular complexity index is 700. The van der Waals surface area contributed by atoms with Gasteiger partial charge in [-0.25, -0.2) is 9.18 Å². The topological polar surface area (TPSA) is 155 Å². The number of aromatic amines is 1. The summed E-state index contributed by atoms with van der Waals surface area (Å²) < 4.78 is 39.2. The van der Waals surface area contributed by atoms with Crippen molar-refractivity contribution >= 4 is 8.25 Å². The number of rotatable bonds is 5. The molecule has 1 aromatic heterocycles. The predicted octanol–water partition coefficient (Wildman–Crippen LogP) is 0.0880. The number of hydrogen-bond donors (Lipinski definition) is 3. The van der Waals surface area contributed by atoms with Crippen LogP contribution in [-0.4, -0.2) is 27.5 Å². The molecule has 0 spiro atoms. The number of H-pyrrole nitrogens is 1. The first-order chi connectivity index (χ1) is 9.88. The van der Waals surface area contributed by atoms with Gasteiger partial charge in [0.05, 0.1) is 0 Å². The van der Waals surface area contributed by atoms with Gasteiger partial charge in [0.1, 0.15) is 0 Å². The van der Waals surface area contributed by atoms with Crippen molar-refractivity contribution in [3.05, 3.63) is 44.5 Å². The lowest BCUT2D eigenvalue weighted by Gasteiger charge is -2.16. The van der Waals surface area contributed by atoms with Crippen molar-refractivity contribution in [1.29, 1.82) is 0 Å². The Morgan fingerprint density at radius 3 is 2.86 bits per heavy atom. The Labute approximate surface area is 123 Å². The molecule has 1 aliphatic rings. The SMILES string of the molecule is Cc1cn([C@@H]2O[C@H](OCO[PH](=O)O)C=C2F)c(=O)[nH]c1=O.N. The molecule has 2 rings (SSSR count). The van der Waals surface area contributed by atoms with Crippen LogP contribution >= 0.6 is 8.25 Å². The number of halogens is 1. The monoisotopic (exact) mass is 339 g/mol. The van der Waals surface area contributed by atoms with Gasteiger partial charge in [-0.2, -0.15) is 0 Å². The molecule has 2 heterocycles. The van der Waals surface area contributed by atoms with Gasteiger partial charge in [0.25, 0.3) is 5.56 Å². The molecule has 5 N–H and O–H groups in total. The van der Waals surface area contributed by atoms with Crippen LogP contribution in [0.2, 0.25) is 0 Å². The summed E-state index contributed by atoms with van der Waals surface area (Å²) in [6.07, 6.45) is -0.472. The lowest BCUT2D eigenvalue weighted by Crippen LogP contribution is -2.34. The minimum absolute atomic E-state index is 0. The van der Waals surface area contributed by atoms with Crippen molar-refractivity contribution < 1.29 is 27.8 Å². The first kappa shape index (κ1) is 18.4. The van der Waals surface area contributed by atoms with E-state index in [9.17, 15) is 18.5 Å². The molecule has 1 aromatic rings. The highest BCUT2D eigenvalue weighted by molar-refractivity contribution is 7.32. The maximum Gasteiger partial charge on any atom is 0.330 e. The summed E-state index contributed by atoms with van der Waals surface area (Å²) in [5, 5.41) is 0. The average molecular weight is 339 g/mol. The fourth-order valence-electron chi connectivity index (χ4n) is 1.64. The number of hydrogen-bond acceptors (Lipinski definition) is 7. The molecule has 1 unspecified atom stereocenters. The van der Waals surface area contributed by atoms with Gasteiger partial charge >= 0.3 is 13.9 Å². The highest BCUT2D eigenvalue weighted by Gasteiger charge is 2.30. The van der Waals surface area contributed by atoms with E-state index in [1.807, 2.05) is 4.98 Å². The molecular formula is C10H15FN3O7P. The van der Waals surface area contributed by atoms with Gasteiger partial charge in [-0.15, -0.1) is 0 Å². The van der Waals surface area contributed by atoms with E-state index in [0.717, 1.165) is 16.8 Å². The molecule has 12 heteroatoms. The first-order valence-corrected chi connectivity index (χ1v) is 6.97. The van der Waals surface area contributed by atoms with E-state index in [4.69, 9.17) is 14.4 Å². The second-order valence-electron chi connectivity index (χ2n) is 4.08. The van der Waals surface area contributed by atoms with Gasteiger partial charge < -0.3 is 20.5 Å². The van der Waals surface area contributed by atoms with E-state index in [0.29, 0.717) is 0 Å². The zero-order chi connectivity index (χ0) is 15.6. The molecule has 3 atom stereocenters. The third-order valence-corrected chi connectivity index (χ3v) is 2.97. The van der Waals surface area contributed by atoms with Crippen molar-refractivity contribution in [2.45, 2.75) is 19.4 Å². The Hall–Kier alpha value is -1.62. The molecule has 0 fully saturated rings. The molecule has 0 bridgehead atoms. The van der Waals surface area contributed by atoms with E-state index >= 15 is 0 Å². The van der Waals surface area contributed by atoms with Gasteiger partial charge in [-0.05, 0) is 6.92 Å². The number of nitrogens with zero attached hydrogens (tertiary/aromatic N) is 1. The van der Waals surface area contributed by atoms with E-state index in [2.05, 4.69) is 4.52 Å². The summed E-state index contributed by atoms with van der Waals surface area (Å²) in [4.78, 5) is 33.3. The van der Waals surface area contributed by atoms with Crippen molar-refractivity contribution in [3.63, 3.8) is 0 Å². The smallest absolute Gasteiger partial charge is 0.330 e. The predicted molar refractivity (Wildman–Crippen MR) is 72.4 cm³/mol. The second-order valence-corrected chi connectivity index (χ2v) is 4.90. The molecular weight excluding hydrogens is 324 g/mol. The lowest BCUT2D eigenvalue weighted by atomic mass is 10.3. The highest BCUT2D eigenvalue weighted by Crippen LogP contribution is 2.29. The number of aryl methyl sites for hydroxylation is 1. The van der Waals surface area contributed by atoms with Crippen LogP contribution < -0.4 is 17.4 Å². The Morgan fingerprint density at radius 2 is 2.23 bits per heavy atom. The summed E-state index contributed by atoms with van der Waals surface area (Å²) in [6, 6.07) is 0. The van der Waals surface area contributed by atoms with Crippen molar-refractivity contribution in [2.75, 3.05) is 6.79 Å². The molecule has 0 aliphatic carbocycles. The van der Waals surface area contributed by atoms with E-state index in [1.54, 1.807) is 0 Å². The summed E-state index contributed by atoms with van der Waals surface area (Å²) in [5.74, 6) is -0.801. The van der Waals surface area contributed by atoms with Crippen molar-refractivity contribution in [3.8, 4) is 0 Å². The minimum Gasteiger partial charge on any atom is -0.344 e. The van der Waals surface area contributed by atoms with Gasteiger partial charge in [-0.1, -0.05) is 0 Å². The highest BCUT2D eigenvalue weighted by atomic mass is 31.1. The zero-order valence-corrected chi connectivity index (χ0v) is 12.4. The third kappa shape index (κ3) is 4.19. The molecule has 22 heavy (non-hydrogen) atoms. The minimum atomic E-state index is -3.16. The number of aromatic nitrogens is 2. The van der Waals surface area contributed by atoms with E-state index in [-0.39, 0.29) is 11.7 Å². The Kier molecular flexibility index (Phi) is 6.35. The van der Waals surface area contributed by atoms with Gasteiger partial charge in [0, 0.05) is 17.8 Å². The normalized spacial score (nSPS) is 22.0. The van der Waals surface area contributed by atoms with Crippen LogP contribution in [0.15, 0.2) is 27.7 Å². The lowest BCUT2D eigenvalue weighted by molar-refractivity contribution is -0.169. The quantitative estimate of drug-likeness (QED) is 0.503. The van der Waals surface area contributed by atoms with Gasteiger partial charge in [0.2, 0.25) is 0 Å². The maximum atomic E-state index is 13.8. The molecule has 0 saturated carbocycles. The van der Waals surface area contributed by atoms with Gasteiger partial charge in [-0.3, -0.25) is 23.4 Å². The van der Waals surface area contributed by atoms with E-state index < -0.39 is 44.6 Å². The Balaban J connectivity index is 0.00000242. The van der Waals surface area contributed by atoms with Crippen LogP contribution in [0.1, 0.15) is 11.8 Å². The molecule has 10 nitrogen and oxygen atoms in total. The summed E-state index contributed by atoms with van der Waals surface area (Å²) in [7, 11) is -3.16. The summed E-state index contributed by atoms with van der Waals surface area (Å²) in [5.41, 5.74) is -1.21. The number of nitrogens with one attached hydrogen (secondary N) is 1. The molecule has 1 aliphatic heterocycles. The molecule has 0 radical (unpaired) electrons. The van der Waals surface area contributed by atoms with Crippen molar-refractivity contribution in [2.24, 2.45) is 0 Å². The van der Waals surface area contributed by atoms with Crippen LogP contribution in [0.3, 0.4) is 0 Å². The van der Waals surface area contributed by atoms with Crippen LogP contribution in [0.4, 0.5) is 4.39 Å². The molecule has 0 amide bonds. The fourth-order valence-corrected chi connectivity index (χ4v) is 1.81. The molecule has 124 valence electrons. The molecule has 0 aromatic carbocycles. The maximum absolute atomic E-state index is 13.8. The molecule has 0 saturated heterocycles. The van der Waals surface area contributed by atoms with E-state index in [1.165, 1.54) is 6.92 Å². The first-order valence-electron chi connectivity index (χ1n) is 5.70. The summed E-state index contributed by atoms with van der Waals surface area (Å²) in [6.45, 7) is 0.876. The Morgan fingerprint density at radius 1 is 1.55 bits per heavy atom. The third-order valence-electron chi connectivity index (χ3n) is 2.61. The standard InChI is InChI=1S/C10H12FN2O7P.H3N/c1-5-3-13(10(15)12-8(5)14)9-6(11)2-7(20-9)18-4-19-21(16)17;/h2-3,7,9,21H,4H2,1H3,(H,16,17)(H,12,14,15);1H3/t7-,9+;/m0./s1. The van der Waals surface area contributed by atoms with Crippen LogP contribution in [0.5, 0.6) is 0 Å². The van der Waals surface area contributed by atoms with Crippen molar-refractivity contribution in [1.82, 2.24) is 15.7 Å². The zero-order valence-electron chi connectivity index (χ0n) is 11.4. The van der Waals surface area contributed by atoms with Crippen LogP contribution in [-0.2, 0) is 18.6 Å². The van der Waals surface area contributed by atoms with Gasteiger partial charge in [0.15, 0.2) is 25.1 Å².